The smallest absolute Gasteiger partial charge is 0.171 e. The number of fused-ring (bicyclic) bond motifs is 3. The summed E-state index contributed by atoms with van der Waals surface area (Å²) in [6.07, 6.45) is 2.60. The Hall–Kier alpha value is -2.06. The topological polar surface area (TPSA) is 0 Å². The Balaban J connectivity index is 0.000000339. The maximum absolute atomic E-state index is 5.14. The molecule has 5 aromatic rings. The van der Waals surface area contributed by atoms with Crippen molar-refractivity contribution in [1.29, 1.82) is 0 Å². The molecule has 0 fully saturated rings. The number of halogens is 2. The van der Waals surface area contributed by atoms with E-state index in [1.54, 1.807) is 6.08 Å². The van der Waals surface area contributed by atoms with E-state index in [0.29, 0.717) is 0 Å². The van der Waals surface area contributed by atoms with E-state index in [1.165, 1.54) is 32.7 Å². The summed E-state index contributed by atoms with van der Waals surface area (Å²) < 4.78 is 3.38. The van der Waals surface area contributed by atoms with Crippen LogP contribution in [0.5, 0.6) is 0 Å². The fraction of sp³-hybridized carbons (Fsp3) is 0.243. The van der Waals surface area contributed by atoms with Crippen LogP contribution >= 0.6 is 17.2 Å². The largest absolute Gasteiger partial charge is 0.214 e. The van der Waals surface area contributed by atoms with E-state index in [2.05, 4.69) is 108 Å². The quantitative estimate of drug-likeness (QED) is 0.0913. The maximum Gasteiger partial charge on any atom is -0.171 e. The van der Waals surface area contributed by atoms with Gasteiger partial charge in [-0.3, -0.25) is 0 Å². The van der Waals surface area contributed by atoms with Crippen molar-refractivity contribution in [2.75, 3.05) is 0 Å². The van der Waals surface area contributed by atoms with Crippen molar-refractivity contribution in [3.63, 3.8) is 0 Å². The average Bonchev–Trinajstić information content (AvgIpc) is 3.60. The SMILES string of the molecule is C=CC[CH2-].CC(C)(C)c1ccc2c(c1)[cH-]c1cc(C(C)(C)C)ccc12.[CH2]=[Hf]([Cl])[Cl].[c-]1ccccc1.c1cc[cH-]c1. The minimum absolute atomic E-state index is 0.203. The first-order chi connectivity index (χ1) is 18.8. The summed E-state index contributed by atoms with van der Waals surface area (Å²) in [7, 11) is 10.3. The summed E-state index contributed by atoms with van der Waals surface area (Å²) in [5.74, 6) is 0. The van der Waals surface area contributed by atoms with Crippen LogP contribution < -0.4 is 0 Å². The number of hydrogen-bond donors (Lipinski definition) is 0. The summed E-state index contributed by atoms with van der Waals surface area (Å²) in [6.45, 7) is 20.5. The zero-order valence-corrected chi connectivity index (χ0v) is 30.1. The van der Waals surface area contributed by atoms with E-state index in [4.69, 9.17) is 17.2 Å². The molecule has 0 amide bonds. The molecule has 0 aliphatic heterocycles. The normalized spacial score (nSPS) is 10.4. The van der Waals surface area contributed by atoms with E-state index >= 15 is 0 Å². The number of rotatable bonds is 1. The van der Waals surface area contributed by atoms with Gasteiger partial charge in [0.05, 0.1) is 0 Å². The number of benzene rings is 3. The summed E-state index contributed by atoms with van der Waals surface area (Å²) in [5.41, 5.74) is 3.21. The third-order valence-corrected chi connectivity index (χ3v) is 5.80. The molecule has 0 saturated heterocycles. The van der Waals surface area contributed by atoms with Crippen LogP contribution in [0.2, 0.25) is 0 Å². The van der Waals surface area contributed by atoms with Crippen molar-refractivity contribution in [2.45, 2.75) is 58.8 Å². The van der Waals surface area contributed by atoms with Crippen molar-refractivity contribution in [3.8, 4) is 0 Å². The van der Waals surface area contributed by atoms with Gasteiger partial charge in [-0.25, -0.2) is 12.1 Å². The van der Waals surface area contributed by atoms with Crippen LogP contribution in [0.15, 0.2) is 116 Å². The van der Waals surface area contributed by atoms with Crippen molar-refractivity contribution < 1.29 is 18.6 Å². The molecule has 0 nitrogen and oxygen atoms in total. The van der Waals surface area contributed by atoms with Gasteiger partial charge in [0.2, 0.25) is 0 Å². The van der Waals surface area contributed by atoms with Crippen LogP contribution in [0.25, 0.3) is 21.5 Å². The van der Waals surface area contributed by atoms with Gasteiger partial charge in [0.25, 0.3) is 0 Å². The van der Waals surface area contributed by atoms with Gasteiger partial charge in [-0.1, -0.05) is 76.9 Å². The second-order valence-electron chi connectivity index (χ2n) is 11.2. The minimum Gasteiger partial charge on any atom is -0.214 e. The monoisotopic (exact) mass is 738 g/mol. The number of hydrogen-bond acceptors (Lipinski definition) is 0. The summed E-state index contributed by atoms with van der Waals surface area (Å²) in [6, 6.07) is 38.7. The molecular formula is C37H44Cl2Hf-4. The Morgan fingerprint density at radius 3 is 1.43 bits per heavy atom. The van der Waals surface area contributed by atoms with Gasteiger partial charge in [0.15, 0.2) is 0 Å². The molecule has 3 heteroatoms. The molecule has 40 heavy (non-hydrogen) atoms. The molecule has 0 radical (unpaired) electrons. The zero-order valence-electron chi connectivity index (χ0n) is 25.0. The third-order valence-electron chi connectivity index (χ3n) is 5.80. The molecule has 5 aromatic carbocycles. The molecule has 0 saturated carbocycles. The van der Waals surface area contributed by atoms with Gasteiger partial charge >= 0.3 is 40.0 Å². The van der Waals surface area contributed by atoms with Crippen molar-refractivity contribution in [1.82, 2.24) is 0 Å². The van der Waals surface area contributed by atoms with Crippen molar-refractivity contribution in [3.05, 3.63) is 140 Å². The van der Waals surface area contributed by atoms with Crippen LogP contribution in [0, 0.1) is 13.0 Å². The maximum atomic E-state index is 5.14. The Bertz CT molecular complexity index is 1260. The molecule has 0 spiro atoms. The van der Waals surface area contributed by atoms with Crippen molar-refractivity contribution >= 4 is 43.0 Å². The predicted octanol–water partition coefficient (Wildman–Crippen LogP) is 11.9. The molecule has 0 bridgehead atoms. The average molecular weight is 738 g/mol. The fourth-order valence-electron chi connectivity index (χ4n) is 3.62. The molecule has 5 rings (SSSR count). The van der Waals surface area contributed by atoms with Crippen molar-refractivity contribution in [2.24, 2.45) is 0 Å². The molecule has 214 valence electrons. The minimum atomic E-state index is -1.96. The first-order valence-electron chi connectivity index (χ1n) is 13.4. The summed E-state index contributed by atoms with van der Waals surface area (Å²) in [4.78, 5) is 0. The third kappa shape index (κ3) is 14.0. The fourth-order valence-corrected chi connectivity index (χ4v) is 3.62. The standard InChI is InChI=1S/C21H25.C6H5.C5H5.C4H7.CH2.2ClH.Hf/c1-20(2,3)16-7-9-18-14(12-16)11-15-13-17(21(4,5)6)8-10-19(15)18;1-2-4-6-5-3-1;1-2-4-5-3-1;1-3-4-2;;;;/h7-13H,1-6H3;1-5H;1-5H;3H,1-2,4H2;1H2;2*1H;/q4*-1;;;;+2/p-2. The second kappa shape index (κ2) is 18.4. The van der Waals surface area contributed by atoms with E-state index < -0.39 is 18.6 Å². The van der Waals surface area contributed by atoms with Gasteiger partial charge in [-0.05, 0) is 10.8 Å². The van der Waals surface area contributed by atoms with Crippen LogP contribution in [-0.4, -0.2) is 4.26 Å². The van der Waals surface area contributed by atoms with Gasteiger partial charge in [0.1, 0.15) is 0 Å². The first kappa shape index (κ1) is 36.0. The Morgan fingerprint density at radius 2 is 1.20 bits per heavy atom. The van der Waals surface area contributed by atoms with E-state index in [9.17, 15) is 0 Å². The molecule has 0 heterocycles. The van der Waals surface area contributed by atoms with Gasteiger partial charge < -0.3 is 6.92 Å². The molecular weight excluding hydrogens is 694 g/mol. The van der Waals surface area contributed by atoms with Crippen LogP contribution in [0.3, 0.4) is 0 Å². The molecule has 0 unspecified atom stereocenters. The molecule has 0 aromatic heterocycles. The Labute approximate surface area is 258 Å². The number of allylic oxidation sites excluding steroid dienone is 1. The van der Waals surface area contributed by atoms with E-state index in [1.807, 2.05) is 60.7 Å². The second-order valence-corrected chi connectivity index (χ2v) is 22.7. The Kier molecular flexibility index (Phi) is 16.5. The van der Waals surface area contributed by atoms with Gasteiger partial charge in [-0.2, -0.15) is 61.0 Å². The summed E-state index contributed by atoms with van der Waals surface area (Å²) >= 11 is -1.96. The van der Waals surface area contributed by atoms with Crippen LogP contribution in [-0.2, 0) is 29.4 Å². The molecule has 0 aliphatic rings. The summed E-state index contributed by atoms with van der Waals surface area (Å²) in [5, 5.41) is 5.48. The van der Waals surface area contributed by atoms with Crippen LogP contribution in [0.1, 0.15) is 59.1 Å². The molecule has 0 atom stereocenters. The molecule has 0 N–H and O–H groups in total. The first-order valence-corrected chi connectivity index (χ1v) is 24.9. The van der Waals surface area contributed by atoms with E-state index in [-0.39, 0.29) is 10.8 Å². The zero-order chi connectivity index (χ0) is 30.2. The van der Waals surface area contributed by atoms with Gasteiger partial charge in [0, 0.05) is 0 Å². The van der Waals surface area contributed by atoms with E-state index in [0.717, 1.165) is 6.42 Å². The Morgan fingerprint density at radius 1 is 0.800 bits per heavy atom. The molecule has 0 aliphatic carbocycles. The predicted molar refractivity (Wildman–Crippen MR) is 181 cm³/mol. The van der Waals surface area contributed by atoms with Crippen LogP contribution in [0.4, 0.5) is 0 Å². The van der Waals surface area contributed by atoms with Gasteiger partial charge in [-0.15, -0.1) is 52.4 Å².